The molecule has 0 aliphatic rings. The molecule has 0 saturated heterocycles. The number of ether oxygens (including phenoxy) is 1. The molecule has 146 valence electrons. The van der Waals surface area contributed by atoms with Gasteiger partial charge in [0, 0.05) is 12.2 Å². The van der Waals surface area contributed by atoms with Crippen LogP contribution in [0.1, 0.15) is 16.7 Å². The summed E-state index contributed by atoms with van der Waals surface area (Å²) in [5.74, 6) is 1.10. The van der Waals surface area contributed by atoms with Crippen molar-refractivity contribution in [3.63, 3.8) is 0 Å². The minimum Gasteiger partial charge on any atom is -0.496 e. The molecule has 1 aromatic heterocycles. The Balaban J connectivity index is 1.51. The highest BCUT2D eigenvalue weighted by Gasteiger charge is 2.10. The van der Waals surface area contributed by atoms with Gasteiger partial charge in [0.05, 0.1) is 12.9 Å². The molecule has 7 heteroatoms. The number of benzene rings is 2. The molecule has 3 aromatic rings. The van der Waals surface area contributed by atoms with Gasteiger partial charge in [-0.05, 0) is 44.0 Å². The third-order valence-electron chi connectivity index (χ3n) is 4.31. The minimum absolute atomic E-state index is 0.0323. The Kier molecular flexibility index (Phi) is 6.71. The number of thioether (sulfide) groups is 1. The molecular weight excluding hydrogens is 372 g/mol. The van der Waals surface area contributed by atoms with E-state index in [4.69, 9.17) is 4.74 Å². The Morgan fingerprint density at radius 1 is 1.14 bits per heavy atom. The van der Waals surface area contributed by atoms with Crippen molar-refractivity contribution in [2.24, 2.45) is 0 Å². The number of carbonyl (C=O) groups is 1. The lowest BCUT2D eigenvalue weighted by Crippen LogP contribution is -2.27. The largest absolute Gasteiger partial charge is 0.496 e. The maximum atomic E-state index is 12.2. The lowest BCUT2D eigenvalue weighted by atomic mass is 10.1. The highest BCUT2D eigenvalue weighted by Crippen LogP contribution is 2.21. The van der Waals surface area contributed by atoms with Crippen LogP contribution in [-0.4, -0.2) is 40.1 Å². The second kappa shape index (κ2) is 9.41. The molecule has 0 aliphatic heterocycles. The average molecular weight is 397 g/mol. The van der Waals surface area contributed by atoms with Crippen molar-refractivity contribution in [2.75, 3.05) is 19.4 Å². The van der Waals surface area contributed by atoms with Crippen molar-refractivity contribution in [1.29, 1.82) is 0 Å². The Bertz CT molecular complexity index is 938. The number of nitrogens with one attached hydrogen (secondary N) is 1. The van der Waals surface area contributed by atoms with E-state index in [1.165, 1.54) is 22.9 Å². The van der Waals surface area contributed by atoms with E-state index in [-0.39, 0.29) is 11.7 Å². The fourth-order valence-electron chi connectivity index (χ4n) is 2.83. The molecule has 0 bridgehead atoms. The molecule has 3 rings (SSSR count). The normalized spacial score (nSPS) is 10.7. The molecule has 0 spiro atoms. The van der Waals surface area contributed by atoms with Crippen molar-refractivity contribution in [2.45, 2.75) is 25.4 Å². The van der Waals surface area contributed by atoms with E-state index in [0.29, 0.717) is 11.7 Å². The number of hydrogen-bond acceptors (Lipinski definition) is 5. The van der Waals surface area contributed by atoms with Crippen LogP contribution < -0.4 is 10.1 Å². The van der Waals surface area contributed by atoms with Crippen molar-refractivity contribution in [3.8, 4) is 11.4 Å². The maximum Gasteiger partial charge on any atom is 0.230 e. The molecule has 1 heterocycles. The van der Waals surface area contributed by atoms with Crippen LogP contribution in [0.2, 0.25) is 0 Å². The number of aryl methyl sites for hydroxylation is 2. The predicted molar refractivity (Wildman–Crippen MR) is 111 cm³/mol. The van der Waals surface area contributed by atoms with E-state index >= 15 is 0 Å². The fourth-order valence-corrected chi connectivity index (χ4v) is 3.58. The Labute approximate surface area is 169 Å². The van der Waals surface area contributed by atoms with Crippen molar-refractivity contribution in [1.82, 2.24) is 20.1 Å². The zero-order valence-corrected chi connectivity index (χ0v) is 17.1. The monoisotopic (exact) mass is 396 g/mol. The van der Waals surface area contributed by atoms with E-state index in [1.54, 1.807) is 13.4 Å². The number of nitrogens with zero attached hydrogens (tertiary/aromatic N) is 3. The van der Waals surface area contributed by atoms with E-state index in [0.717, 1.165) is 23.4 Å². The molecule has 6 nitrogen and oxygen atoms in total. The van der Waals surface area contributed by atoms with Gasteiger partial charge in [-0.25, -0.2) is 0 Å². The van der Waals surface area contributed by atoms with Crippen LogP contribution in [0.15, 0.2) is 53.9 Å². The third-order valence-corrected chi connectivity index (χ3v) is 5.26. The molecule has 0 saturated carbocycles. The van der Waals surface area contributed by atoms with Gasteiger partial charge < -0.3 is 10.1 Å². The number of carbonyl (C=O) groups excluding carboxylic acids is 1. The second-order valence-electron chi connectivity index (χ2n) is 6.52. The summed E-state index contributed by atoms with van der Waals surface area (Å²) in [5.41, 5.74) is 4.43. The van der Waals surface area contributed by atoms with Gasteiger partial charge >= 0.3 is 0 Å². The van der Waals surface area contributed by atoms with Crippen LogP contribution in [-0.2, 0) is 11.2 Å². The predicted octanol–water partition coefficient (Wildman–Crippen LogP) is 3.34. The molecule has 2 aromatic carbocycles. The summed E-state index contributed by atoms with van der Waals surface area (Å²) in [7, 11) is 1.66. The molecule has 0 fully saturated rings. The van der Waals surface area contributed by atoms with Crippen molar-refractivity contribution in [3.05, 3.63) is 65.5 Å². The number of methoxy groups -OCH3 is 1. The molecule has 1 N–H and O–H groups in total. The molecular formula is C21H24N4O2S. The number of rotatable bonds is 8. The zero-order chi connectivity index (χ0) is 19.9. The first-order valence-electron chi connectivity index (χ1n) is 9.07. The summed E-state index contributed by atoms with van der Waals surface area (Å²) in [6.45, 7) is 4.65. The summed E-state index contributed by atoms with van der Waals surface area (Å²) in [4.78, 5) is 12.2. The Hall–Kier alpha value is -2.80. The van der Waals surface area contributed by atoms with Crippen LogP contribution in [0.5, 0.6) is 5.75 Å². The van der Waals surface area contributed by atoms with Gasteiger partial charge in [-0.15, -0.1) is 10.2 Å². The van der Waals surface area contributed by atoms with Gasteiger partial charge in [-0.2, -0.15) is 0 Å². The topological polar surface area (TPSA) is 69.0 Å². The van der Waals surface area contributed by atoms with Crippen molar-refractivity contribution >= 4 is 17.7 Å². The number of aromatic nitrogens is 3. The quantitative estimate of drug-likeness (QED) is 0.592. The van der Waals surface area contributed by atoms with Gasteiger partial charge in [-0.3, -0.25) is 9.36 Å². The van der Waals surface area contributed by atoms with Gasteiger partial charge in [0.25, 0.3) is 0 Å². The minimum atomic E-state index is -0.0323. The fraction of sp³-hybridized carbons (Fsp3) is 0.286. The van der Waals surface area contributed by atoms with Crippen molar-refractivity contribution < 1.29 is 9.53 Å². The van der Waals surface area contributed by atoms with E-state index in [1.807, 2.05) is 54.8 Å². The third kappa shape index (κ3) is 5.13. The van der Waals surface area contributed by atoms with Crippen LogP contribution in [0.25, 0.3) is 5.69 Å². The molecule has 1 amide bonds. The van der Waals surface area contributed by atoms with E-state index < -0.39 is 0 Å². The summed E-state index contributed by atoms with van der Waals surface area (Å²) in [6, 6.07) is 14.2. The lowest BCUT2D eigenvalue weighted by molar-refractivity contribution is -0.118. The van der Waals surface area contributed by atoms with E-state index in [2.05, 4.69) is 21.6 Å². The Morgan fingerprint density at radius 3 is 2.64 bits per heavy atom. The first-order valence-corrected chi connectivity index (χ1v) is 10.1. The maximum absolute atomic E-state index is 12.2. The SMILES string of the molecule is COc1ccc(C)cc1CCNC(=O)CSc1nncn1-c1ccc(C)cc1. The highest BCUT2D eigenvalue weighted by molar-refractivity contribution is 7.99. The van der Waals surface area contributed by atoms with Crippen LogP contribution in [0, 0.1) is 13.8 Å². The van der Waals surface area contributed by atoms with Gasteiger partial charge in [0.2, 0.25) is 5.91 Å². The molecule has 0 unspecified atom stereocenters. The highest BCUT2D eigenvalue weighted by atomic mass is 32.2. The standard InChI is InChI=1S/C21H24N4O2S/c1-15-4-7-18(8-5-15)25-14-23-24-21(25)28-13-20(26)22-11-10-17-12-16(2)6-9-19(17)27-3/h4-9,12,14H,10-11,13H2,1-3H3,(H,22,26). The van der Waals surface area contributed by atoms with Crippen LogP contribution in [0.3, 0.4) is 0 Å². The van der Waals surface area contributed by atoms with Gasteiger partial charge in [0.1, 0.15) is 12.1 Å². The molecule has 0 aliphatic carbocycles. The first kappa shape index (κ1) is 19.9. The number of amides is 1. The zero-order valence-electron chi connectivity index (χ0n) is 16.3. The van der Waals surface area contributed by atoms with Crippen LogP contribution in [0.4, 0.5) is 0 Å². The summed E-state index contributed by atoms with van der Waals surface area (Å²) in [6.07, 6.45) is 2.38. The Morgan fingerprint density at radius 2 is 1.89 bits per heavy atom. The van der Waals surface area contributed by atoms with Crippen LogP contribution >= 0.6 is 11.8 Å². The van der Waals surface area contributed by atoms with Gasteiger partial charge in [-0.1, -0.05) is 47.2 Å². The molecule has 0 radical (unpaired) electrons. The second-order valence-corrected chi connectivity index (χ2v) is 7.47. The summed E-state index contributed by atoms with van der Waals surface area (Å²) >= 11 is 1.37. The average Bonchev–Trinajstić information content (AvgIpc) is 3.16. The summed E-state index contributed by atoms with van der Waals surface area (Å²) in [5, 5.41) is 11.8. The molecule has 0 atom stereocenters. The first-order chi connectivity index (χ1) is 13.6. The lowest BCUT2D eigenvalue weighted by Gasteiger charge is -2.10. The number of hydrogen-bond donors (Lipinski definition) is 1. The van der Waals surface area contributed by atoms with E-state index in [9.17, 15) is 4.79 Å². The van der Waals surface area contributed by atoms with Gasteiger partial charge in [0.15, 0.2) is 5.16 Å². The smallest absolute Gasteiger partial charge is 0.230 e. The molecule has 28 heavy (non-hydrogen) atoms. The summed E-state index contributed by atoms with van der Waals surface area (Å²) < 4.78 is 7.27.